The molecule has 3 heterocycles. The van der Waals surface area contributed by atoms with Gasteiger partial charge >= 0.3 is 6.03 Å². The minimum absolute atomic E-state index is 0.0360. The number of urea groups is 1. The Labute approximate surface area is 167 Å². The molecule has 0 unspecified atom stereocenters. The van der Waals surface area contributed by atoms with Crippen LogP contribution in [0.2, 0.25) is 0 Å². The number of rotatable bonds is 6. The number of imide groups is 1. The number of carbonyl (C=O) groups excluding carboxylic acids is 2. The molecule has 2 N–H and O–H groups in total. The van der Waals surface area contributed by atoms with Crippen molar-refractivity contribution >= 4 is 56.6 Å². The maximum atomic E-state index is 13.1. The van der Waals surface area contributed by atoms with Crippen molar-refractivity contribution in [3.8, 4) is 10.4 Å². The molecular weight excluding hydrogens is 404 g/mol. The third-order valence-corrected chi connectivity index (χ3v) is 6.32. The van der Waals surface area contributed by atoms with Gasteiger partial charge in [-0.15, -0.1) is 29.3 Å². The Kier molecular flexibility index (Phi) is 6.09. The van der Waals surface area contributed by atoms with Crippen LogP contribution in [0, 0.1) is 0 Å². The van der Waals surface area contributed by atoms with Gasteiger partial charge < -0.3 is 5.32 Å². The van der Waals surface area contributed by atoms with Gasteiger partial charge in [0.2, 0.25) is 5.91 Å². The maximum absolute atomic E-state index is 13.1. The van der Waals surface area contributed by atoms with Crippen LogP contribution < -0.4 is 16.2 Å². The summed E-state index contributed by atoms with van der Waals surface area (Å²) in [4.78, 5) is 42.4. The zero-order chi connectivity index (χ0) is 19.4. The van der Waals surface area contributed by atoms with Gasteiger partial charge in [0.15, 0.2) is 5.16 Å². The zero-order valence-electron chi connectivity index (χ0n) is 14.4. The summed E-state index contributed by atoms with van der Waals surface area (Å²) in [5, 5.41) is 9.38. The number of thiophene rings is 2. The number of allylic oxidation sites excluding steroid dienone is 1. The number of fused-ring (bicyclic) bond motifs is 1. The average molecular weight is 421 g/mol. The van der Waals surface area contributed by atoms with Gasteiger partial charge in [-0.2, -0.15) is 0 Å². The SMILES string of the molecule is C=CCn1c(SCC(=O)NC(=O)NC)nc2scc(-c3cccs3)c2c1=O. The molecule has 3 aromatic heterocycles. The largest absolute Gasteiger partial charge is 0.341 e. The van der Waals surface area contributed by atoms with Crippen LogP contribution in [-0.2, 0) is 11.3 Å². The number of carbonyl (C=O) groups is 2. The molecule has 0 saturated heterocycles. The van der Waals surface area contributed by atoms with E-state index in [2.05, 4.69) is 22.2 Å². The Hall–Kier alpha value is -2.43. The van der Waals surface area contributed by atoms with E-state index in [4.69, 9.17) is 0 Å². The summed E-state index contributed by atoms with van der Waals surface area (Å²) in [6, 6.07) is 3.33. The van der Waals surface area contributed by atoms with Gasteiger partial charge in [-0.1, -0.05) is 23.9 Å². The second kappa shape index (κ2) is 8.51. The van der Waals surface area contributed by atoms with E-state index < -0.39 is 11.9 Å². The average Bonchev–Trinajstić information content (AvgIpc) is 3.31. The van der Waals surface area contributed by atoms with E-state index in [0.717, 1.165) is 22.2 Å². The number of aromatic nitrogens is 2. The van der Waals surface area contributed by atoms with Crippen molar-refractivity contribution in [1.29, 1.82) is 0 Å². The lowest BCUT2D eigenvalue weighted by atomic mass is 10.2. The normalized spacial score (nSPS) is 10.7. The third kappa shape index (κ3) is 4.12. The molecular formula is C17H16N4O3S3. The summed E-state index contributed by atoms with van der Waals surface area (Å²) in [5.74, 6) is -0.504. The number of hydrogen-bond donors (Lipinski definition) is 2. The monoisotopic (exact) mass is 420 g/mol. The molecule has 0 aromatic carbocycles. The minimum atomic E-state index is -0.577. The minimum Gasteiger partial charge on any atom is -0.341 e. The van der Waals surface area contributed by atoms with E-state index in [9.17, 15) is 14.4 Å². The maximum Gasteiger partial charge on any atom is 0.321 e. The highest BCUT2D eigenvalue weighted by atomic mass is 32.2. The zero-order valence-corrected chi connectivity index (χ0v) is 16.8. The van der Waals surface area contributed by atoms with E-state index in [-0.39, 0.29) is 17.9 Å². The molecule has 0 radical (unpaired) electrons. The molecule has 0 aliphatic heterocycles. The van der Waals surface area contributed by atoms with Crippen LogP contribution in [0.3, 0.4) is 0 Å². The third-order valence-electron chi connectivity index (χ3n) is 3.57. The quantitative estimate of drug-likeness (QED) is 0.363. The van der Waals surface area contributed by atoms with E-state index >= 15 is 0 Å². The van der Waals surface area contributed by atoms with Crippen LogP contribution in [-0.4, -0.2) is 34.3 Å². The molecule has 0 fully saturated rings. The number of amides is 3. The van der Waals surface area contributed by atoms with Crippen molar-refractivity contribution in [1.82, 2.24) is 20.2 Å². The van der Waals surface area contributed by atoms with Crippen molar-refractivity contribution in [3.63, 3.8) is 0 Å². The molecule has 7 nitrogen and oxygen atoms in total. The highest BCUT2D eigenvalue weighted by molar-refractivity contribution is 7.99. The van der Waals surface area contributed by atoms with Gasteiger partial charge in [0.05, 0.1) is 11.1 Å². The predicted octanol–water partition coefficient (Wildman–Crippen LogP) is 2.92. The molecule has 0 aliphatic carbocycles. The van der Waals surface area contributed by atoms with E-state index in [0.29, 0.717) is 15.4 Å². The fraction of sp³-hybridized carbons (Fsp3) is 0.176. The fourth-order valence-electron chi connectivity index (χ4n) is 2.37. The molecule has 3 rings (SSSR count). The van der Waals surface area contributed by atoms with Gasteiger partial charge in [-0.05, 0) is 11.4 Å². The van der Waals surface area contributed by atoms with Crippen LogP contribution >= 0.6 is 34.4 Å². The first-order valence-electron chi connectivity index (χ1n) is 7.86. The van der Waals surface area contributed by atoms with Gasteiger partial charge in [0.1, 0.15) is 4.83 Å². The van der Waals surface area contributed by atoms with E-state index in [1.807, 2.05) is 22.9 Å². The lowest BCUT2D eigenvalue weighted by molar-refractivity contribution is -0.117. The van der Waals surface area contributed by atoms with Gasteiger partial charge in [0, 0.05) is 29.4 Å². The van der Waals surface area contributed by atoms with Crippen LogP contribution in [0.15, 0.2) is 45.5 Å². The summed E-state index contributed by atoms with van der Waals surface area (Å²) in [6.45, 7) is 3.98. The first-order chi connectivity index (χ1) is 13.0. The molecule has 0 bridgehead atoms. The summed E-state index contributed by atoms with van der Waals surface area (Å²) in [7, 11) is 1.43. The second-order valence-electron chi connectivity index (χ2n) is 5.32. The molecule has 0 aliphatic rings. The van der Waals surface area contributed by atoms with Crippen LogP contribution in [0.4, 0.5) is 4.79 Å². The first-order valence-corrected chi connectivity index (χ1v) is 10.6. The van der Waals surface area contributed by atoms with Gasteiger partial charge in [-0.25, -0.2) is 9.78 Å². The van der Waals surface area contributed by atoms with Gasteiger partial charge in [-0.3, -0.25) is 19.5 Å². The highest BCUT2D eigenvalue weighted by Gasteiger charge is 2.18. The Morgan fingerprint density at radius 3 is 2.89 bits per heavy atom. The molecule has 3 aromatic rings. The lowest BCUT2D eigenvalue weighted by Crippen LogP contribution is -2.38. The van der Waals surface area contributed by atoms with Crippen molar-refractivity contribution < 1.29 is 9.59 Å². The molecule has 0 saturated carbocycles. The molecule has 140 valence electrons. The van der Waals surface area contributed by atoms with Crippen LogP contribution in [0.5, 0.6) is 0 Å². The summed E-state index contributed by atoms with van der Waals surface area (Å²) in [6.07, 6.45) is 1.61. The molecule has 27 heavy (non-hydrogen) atoms. The topological polar surface area (TPSA) is 93.1 Å². The number of nitrogens with one attached hydrogen (secondary N) is 2. The fourth-order valence-corrected chi connectivity index (χ4v) is 4.99. The smallest absolute Gasteiger partial charge is 0.321 e. The second-order valence-corrected chi connectivity index (χ2v) is 8.07. The summed E-state index contributed by atoms with van der Waals surface area (Å²) < 4.78 is 1.50. The van der Waals surface area contributed by atoms with Gasteiger partial charge in [0.25, 0.3) is 5.56 Å². The number of thioether (sulfide) groups is 1. The molecule has 10 heteroatoms. The van der Waals surface area contributed by atoms with Crippen molar-refractivity contribution in [3.05, 3.63) is 45.9 Å². The lowest BCUT2D eigenvalue weighted by Gasteiger charge is -2.10. The van der Waals surface area contributed by atoms with Crippen LogP contribution in [0.1, 0.15) is 0 Å². The Morgan fingerprint density at radius 2 is 2.22 bits per heavy atom. The number of hydrogen-bond acceptors (Lipinski definition) is 7. The van der Waals surface area contributed by atoms with Crippen molar-refractivity contribution in [2.24, 2.45) is 0 Å². The molecule has 0 spiro atoms. The highest BCUT2D eigenvalue weighted by Crippen LogP contribution is 2.34. The Bertz CT molecular complexity index is 1050. The van der Waals surface area contributed by atoms with Crippen LogP contribution in [0.25, 0.3) is 20.7 Å². The Balaban J connectivity index is 1.97. The predicted molar refractivity (Wildman–Crippen MR) is 111 cm³/mol. The molecule has 3 amide bonds. The number of nitrogens with zero attached hydrogens (tertiary/aromatic N) is 2. The van der Waals surface area contributed by atoms with Crippen molar-refractivity contribution in [2.45, 2.75) is 11.7 Å². The van der Waals surface area contributed by atoms with E-state index in [1.54, 1.807) is 17.4 Å². The molecule has 0 atom stereocenters. The van der Waals surface area contributed by atoms with E-state index in [1.165, 1.54) is 23.0 Å². The standard InChI is InChI=1S/C17H16N4O3S3/c1-3-6-21-15(23)13-10(11-5-4-7-25-11)8-26-14(13)20-17(21)27-9-12(22)19-16(24)18-2/h3-5,7-8H,1,6,9H2,2H3,(H2,18,19,22,24). The summed E-state index contributed by atoms with van der Waals surface area (Å²) >= 11 is 4.06. The summed E-state index contributed by atoms with van der Waals surface area (Å²) in [5.41, 5.74) is 0.702. The van der Waals surface area contributed by atoms with Crippen molar-refractivity contribution in [2.75, 3.05) is 12.8 Å². The first kappa shape index (κ1) is 19.3. The Morgan fingerprint density at radius 1 is 1.41 bits per heavy atom.